The summed E-state index contributed by atoms with van der Waals surface area (Å²) in [7, 11) is 0. The zero-order valence-electron chi connectivity index (χ0n) is 16.1. The number of rotatable bonds is 8. The summed E-state index contributed by atoms with van der Waals surface area (Å²) in [5.41, 5.74) is 2.57. The van der Waals surface area contributed by atoms with Gasteiger partial charge in [-0.2, -0.15) is 0 Å². The zero-order chi connectivity index (χ0) is 19.3. The van der Waals surface area contributed by atoms with Gasteiger partial charge < -0.3 is 20.4 Å². The number of fused-ring (bicyclic) bond motifs is 1. The first-order valence-electron chi connectivity index (χ1n) is 10.2. The number of aromatic nitrogens is 1. The Labute approximate surface area is 165 Å². The molecule has 28 heavy (non-hydrogen) atoms. The average molecular weight is 381 g/mol. The molecule has 2 aliphatic carbocycles. The molecule has 0 spiro atoms. The second-order valence-corrected chi connectivity index (χ2v) is 7.60. The molecule has 1 aromatic carbocycles. The Morgan fingerprint density at radius 3 is 2.71 bits per heavy atom. The molecule has 0 unspecified atom stereocenters. The van der Waals surface area contributed by atoms with Gasteiger partial charge in [-0.05, 0) is 69.3 Å². The molecule has 4 rings (SSSR count). The summed E-state index contributed by atoms with van der Waals surface area (Å²) >= 11 is 0. The summed E-state index contributed by atoms with van der Waals surface area (Å²) in [4.78, 5) is 28.1. The van der Waals surface area contributed by atoms with Crippen LogP contribution in [-0.2, 0) is 6.42 Å². The van der Waals surface area contributed by atoms with Gasteiger partial charge in [0.2, 0.25) is 0 Å². The number of Topliss-reactive ketones (excluding diaryl/α,β-unsaturated/α-hetero) is 1. The van der Waals surface area contributed by atoms with Crippen LogP contribution < -0.4 is 15.4 Å². The van der Waals surface area contributed by atoms with Crippen LogP contribution in [-0.4, -0.2) is 35.9 Å². The lowest BCUT2D eigenvalue weighted by Crippen LogP contribution is -2.19. The number of ether oxygens (including phenoxy) is 1. The topological polar surface area (TPSA) is 83.2 Å². The normalized spacial score (nSPS) is 16.4. The fourth-order valence-electron chi connectivity index (χ4n) is 3.56. The Bertz CT molecular complexity index is 837. The minimum absolute atomic E-state index is 0.0545. The van der Waals surface area contributed by atoms with Crippen LogP contribution in [0.5, 0.6) is 5.75 Å². The molecule has 1 saturated carbocycles. The molecule has 1 fully saturated rings. The number of hydrogen-bond donors (Lipinski definition) is 3. The third-order valence-electron chi connectivity index (χ3n) is 5.28. The van der Waals surface area contributed by atoms with Crippen molar-refractivity contribution in [3.63, 3.8) is 0 Å². The standard InChI is InChI=1S/C22H27N3O3/c26-20-5-2-1-4-19-21(20)18(14-24-19)22(27)25-16-8-10-17(11-9-16)28-13-3-12-23-15-6-7-15/h8-11,14-15,23-24H,1-7,12-13H2,(H,25,27). The van der Waals surface area contributed by atoms with E-state index < -0.39 is 0 Å². The van der Waals surface area contributed by atoms with Crippen molar-refractivity contribution in [3.8, 4) is 5.75 Å². The van der Waals surface area contributed by atoms with E-state index in [-0.39, 0.29) is 11.7 Å². The van der Waals surface area contributed by atoms with E-state index in [4.69, 9.17) is 4.74 Å². The lowest BCUT2D eigenvalue weighted by molar-refractivity contribution is 0.0965. The number of nitrogens with one attached hydrogen (secondary N) is 3. The minimum atomic E-state index is -0.257. The molecule has 6 heteroatoms. The highest BCUT2D eigenvalue weighted by Crippen LogP contribution is 2.25. The van der Waals surface area contributed by atoms with Gasteiger partial charge in [-0.1, -0.05) is 0 Å². The third-order valence-corrected chi connectivity index (χ3v) is 5.28. The lowest BCUT2D eigenvalue weighted by atomic mass is 10.0. The number of ketones is 1. The highest BCUT2D eigenvalue weighted by Gasteiger charge is 2.24. The molecule has 6 nitrogen and oxygen atoms in total. The maximum atomic E-state index is 12.7. The summed E-state index contributed by atoms with van der Waals surface area (Å²) in [6.45, 7) is 1.65. The summed E-state index contributed by atoms with van der Waals surface area (Å²) in [5.74, 6) is 0.585. The van der Waals surface area contributed by atoms with Gasteiger partial charge >= 0.3 is 0 Å². The van der Waals surface area contributed by atoms with Crippen molar-refractivity contribution < 1.29 is 14.3 Å². The number of aromatic amines is 1. The van der Waals surface area contributed by atoms with Crippen LogP contribution >= 0.6 is 0 Å². The molecule has 0 aliphatic heterocycles. The molecular weight excluding hydrogens is 354 g/mol. The monoisotopic (exact) mass is 381 g/mol. The Morgan fingerprint density at radius 2 is 1.93 bits per heavy atom. The van der Waals surface area contributed by atoms with E-state index in [1.807, 2.05) is 24.3 Å². The quantitative estimate of drug-likeness (QED) is 0.481. The number of carbonyl (C=O) groups excluding carboxylic acids is 2. The van der Waals surface area contributed by atoms with E-state index in [0.29, 0.717) is 29.8 Å². The molecule has 0 atom stereocenters. The second kappa shape index (κ2) is 8.61. The van der Waals surface area contributed by atoms with Crippen LogP contribution in [0.4, 0.5) is 5.69 Å². The Balaban J connectivity index is 1.31. The van der Waals surface area contributed by atoms with Crippen molar-refractivity contribution in [2.75, 3.05) is 18.5 Å². The molecule has 2 aromatic rings. The van der Waals surface area contributed by atoms with Crippen molar-refractivity contribution in [3.05, 3.63) is 47.3 Å². The van der Waals surface area contributed by atoms with E-state index in [0.717, 1.165) is 49.7 Å². The van der Waals surface area contributed by atoms with Crippen LogP contribution in [0.3, 0.4) is 0 Å². The summed E-state index contributed by atoms with van der Waals surface area (Å²) in [5, 5.41) is 6.34. The SMILES string of the molecule is O=C(Nc1ccc(OCCCNC2CC2)cc1)c1c[nH]c2c1C(=O)CCCC2. The third kappa shape index (κ3) is 4.62. The maximum absolute atomic E-state index is 12.7. The van der Waals surface area contributed by atoms with Gasteiger partial charge in [0.1, 0.15) is 5.75 Å². The number of amides is 1. The highest BCUT2D eigenvalue weighted by atomic mass is 16.5. The van der Waals surface area contributed by atoms with Crippen LogP contribution in [0.25, 0.3) is 0 Å². The van der Waals surface area contributed by atoms with Crippen molar-refractivity contribution in [1.29, 1.82) is 0 Å². The number of benzene rings is 1. The van der Waals surface area contributed by atoms with Crippen LogP contribution in [0, 0.1) is 0 Å². The van der Waals surface area contributed by atoms with Gasteiger partial charge in [-0.3, -0.25) is 9.59 Å². The van der Waals surface area contributed by atoms with Gasteiger partial charge in [0.05, 0.1) is 17.7 Å². The Hall–Kier alpha value is -2.60. The summed E-state index contributed by atoms with van der Waals surface area (Å²) in [6.07, 6.45) is 8.39. The van der Waals surface area contributed by atoms with E-state index in [2.05, 4.69) is 15.6 Å². The van der Waals surface area contributed by atoms with Crippen LogP contribution in [0.1, 0.15) is 64.9 Å². The molecular formula is C22H27N3O3. The maximum Gasteiger partial charge on any atom is 0.257 e. The van der Waals surface area contributed by atoms with E-state index in [1.165, 1.54) is 12.8 Å². The number of carbonyl (C=O) groups is 2. The van der Waals surface area contributed by atoms with Gasteiger partial charge in [-0.15, -0.1) is 0 Å². The van der Waals surface area contributed by atoms with Gasteiger partial charge in [0.25, 0.3) is 5.91 Å². The Morgan fingerprint density at radius 1 is 1.14 bits per heavy atom. The molecule has 0 bridgehead atoms. The molecule has 148 valence electrons. The lowest BCUT2D eigenvalue weighted by Gasteiger charge is -2.09. The zero-order valence-corrected chi connectivity index (χ0v) is 16.1. The minimum Gasteiger partial charge on any atom is -0.494 e. The molecule has 3 N–H and O–H groups in total. The first-order chi connectivity index (χ1) is 13.7. The van der Waals surface area contributed by atoms with Crippen molar-refractivity contribution in [2.24, 2.45) is 0 Å². The second-order valence-electron chi connectivity index (χ2n) is 7.60. The predicted octanol–water partition coefficient (Wildman–Crippen LogP) is 3.70. The van der Waals surface area contributed by atoms with E-state index in [9.17, 15) is 9.59 Å². The van der Waals surface area contributed by atoms with Crippen LogP contribution in [0.15, 0.2) is 30.5 Å². The predicted molar refractivity (Wildman–Crippen MR) is 108 cm³/mol. The first-order valence-corrected chi connectivity index (χ1v) is 10.2. The van der Waals surface area contributed by atoms with E-state index >= 15 is 0 Å². The molecule has 1 heterocycles. The van der Waals surface area contributed by atoms with Gasteiger partial charge in [-0.25, -0.2) is 0 Å². The average Bonchev–Trinajstić information content (AvgIpc) is 3.45. The summed E-state index contributed by atoms with van der Waals surface area (Å²) in [6, 6.07) is 8.08. The number of aryl methyl sites for hydroxylation is 1. The molecule has 1 amide bonds. The Kier molecular flexibility index (Phi) is 5.76. The van der Waals surface area contributed by atoms with Crippen LogP contribution in [0.2, 0.25) is 0 Å². The summed E-state index contributed by atoms with van der Waals surface area (Å²) < 4.78 is 5.74. The molecule has 1 aromatic heterocycles. The van der Waals surface area contributed by atoms with Gasteiger partial charge in [0.15, 0.2) is 5.78 Å². The number of anilines is 1. The molecule has 0 saturated heterocycles. The molecule has 2 aliphatic rings. The largest absolute Gasteiger partial charge is 0.494 e. The number of H-pyrrole nitrogens is 1. The van der Waals surface area contributed by atoms with Gasteiger partial charge in [0, 0.05) is 30.0 Å². The number of hydrogen-bond acceptors (Lipinski definition) is 4. The molecule has 0 radical (unpaired) electrons. The van der Waals surface area contributed by atoms with Crippen molar-refractivity contribution >= 4 is 17.4 Å². The van der Waals surface area contributed by atoms with Crippen molar-refractivity contribution in [1.82, 2.24) is 10.3 Å². The van der Waals surface area contributed by atoms with E-state index in [1.54, 1.807) is 6.20 Å². The smallest absolute Gasteiger partial charge is 0.257 e. The fraction of sp³-hybridized carbons (Fsp3) is 0.455. The first kappa shape index (κ1) is 18.7. The highest BCUT2D eigenvalue weighted by molar-refractivity contribution is 6.13. The van der Waals surface area contributed by atoms with Crippen molar-refractivity contribution in [2.45, 2.75) is 51.0 Å². The fourth-order valence-corrected chi connectivity index (χ4v) is 3.56.